The number of methoxy groups -OCH3 is 1. The van der Waals surface area contributed by atoms with Crippen molar-refractivity contribution in [1.29, 1.82) is 0 Å². The lowest BCUT2D eigenvalue weighted by Gasteiger charge is -2.14. The van der Waals surface area contributed by atoms with Gasteiger partial charge in [0.05, 0.1) is 21.1 Å². The molecule has 0 N–H and O–H groups in total. The molecule has 0 saturated carbocycles. The molecule has 0 radical (unpaired) electrons. The summed E-state index contributed by atoms with van der Waals surface area (Å²) < 4.78 is 48.0. The largest absolute Gasteiger partial charge is 0.455 e. The summed E-state index contributed by atoms with van der Waals surface area (Å²) in [5.41, 5.74) is -1.14. The highest BCUT2D eigenvalue weighted by Crippen LogP contribution is 2.37. The van der Waals surface area contributed by atoms with Gasteiger partial charge in [0.25, 0.3) is 5.78 Å². The van der Waals surface area contributed by atoms with E-state index in [-0.39, 0.29) is 22.1 Å². The summed E-state index contributed by atoms with van der Waals surface area (Å²) in [6, 6.07) is 7.96. The summed E-state index contributed by atoms with van der Waals surface area (Å²) in [7, 11) is 1.00. The molecular weight excluding hydrogens is 379 g/mol. The second kappa shape index (κ2) is 7.71. The van der Waals surface area contributed by atoms with Crippen molar-refractivity contribution in [3.05, 3.63) is 68.7 Å². The number of Topliss-reactive ketones (excluding diaryl/α,β-unsaturated/α-hetero) is 1. The third kappa shape index (κ3) is 4.30. The van der Waals surface area contributed by atoms with E-state index >= 15 is 0 Å². The van der Waals surface area contributed by atoms with E-state index < -0.39 is 28.7 Å². The highest BCUT2D eigenvalue weighted by molar-refractivity contribution is 6.32. The van der Waals surface area contributed by atoms with Crippen molar-refractivity contribution in [2.75, 3.05) is 7.11 Å². The van der Waals surface area contributed by atoms with Crippen molar-refractivity contribution in [3.8, 4) is 11.5 Å². The fourth-order valence-electron chi connectivity index (χ4n) is 2.06. The minimum absolute atomic E-state index is 0.108. The SMILES string of the molecule is COC(C(=O)c1ccccc1Oc1ccc(C(F)(F)F)cc1Cl)[N+](=O)[O-]. The van der Waals surface area contributed by atoms with Gasteiger partial charge in [-0.1, -0.05) is 23.7 Å². The Morgan fingerprint density at radius 1 is 1.19 bits per heavy atom. The number of nitro groups is 1. The van der Waals surface area contributed by atoms with Crippen molar-refractivity contribution in [2.45, 2.75) is 12.4 Å². The lowest BCUT2D eigenvalue weighted by molar-refractivity contribution is -0.553. The predicted molar refractivity (Wildman–Crippen MR) is 85.1 cm³/mol. The number of ether oxygens (including phenoxy) is 2. The number of para-hydroxylation sites is 1. The Kier molecular flexibility index (Phi) is 5.83. The number of hydrogen-bond acceptors (Lipinski definition) is 5. The van der Waals surface area contributed by atoms with Gasteiger partial charge in [-0.3, -0.25) is 14.9 Å². The number of halogens is 4. The van der Waals surface area contributed by atoms with Crippen molar-refractivity contribution in [2.24, 2.45) is 0 Å². The maximum Gasteiger partial charge on any atom is 0.416 e. The van der Waals surface area contributed by atoms with Crippen LogP contribution in [0.5, 0.6) is 11.5 Å². The van der Waals surface area contributed by atoms with E-state index in [4.69, 9.17) is 16.3 Å². The lowest BCUT2D eigenvalue weighted by Crippen LogP contribution is -2.31. The van der Waals surface area contributed by atoms with Crippen molar-refractivity contribution < 1.29 is 32.4 Å². The predicted octanol–water partition coefficient (Wildman–Crippen LogP) is 4.58. The van der Waals surface area contributed by atoms with Crippen LogP contribution in [0.15, 0.2) is 42.5 Å². The summed E-state index contributed by atoms with van der Waals surface area (Å²) >= 11 is 5.81. The molecule has 26 heavy (non-hydrogen) atoms. The van der Waals surface area contributed by atoms with E-state index in [0.717, 1.165) is 19.2 Å². The number of ketones is 1. The molecular formula is C16H11ClF3NO5. The Hall–Kier alpha value is -2.65. The van der Waals surface area contributed by atoms with Gasteiger partial charge in [0, 0.05) is 7.11 Å². The number of carbonyl (C=O) groups is 1. The third-order valence-corrected chi connectivity index (χ3v) is 3.57. The van der Waals surface area contributed by atoms with Crippen LogP contribution in [0.2, 0.25) is 5.02 Å². The summed E-state index contributed by atoms with van der Waals surface area (Å²) in [5.74, 6) is -1.23. The molecule has 0 saturated heterocycles. The van der Waals surface area contributed by atoms with Crippen molar-refractivity contribution in [1.82, 2.24) is 0 Å². The first-order valence-electron chi connectivity index (χ1n) is 6.99. The molecule has 0 spiro atoms. The van der Waals surface area contributed by atoms with E-state index in [1.54, 1.807) is 0 Å². The molecule has 1 unspecified atom stereocenters. The zero-order valence-electron chi connectivity index (χ0n) is 13.1. The molecule has 138 valence electrons. The quantitative estimate of drug-likeness (QED) is 0.312. The molecule has 0 aliphatic carbocycles. The van der Waals surface area contributed by atoms with Crippen LogP contribution in [0.3, 0.4) is 0 Å². The van der Waals surface area contributed by atoms with Crippen LogP contribution in [-0.4, -0.2) is 24.0 Å². The lowest BCUT2D eigenvalue weighted by atomic mass is 10.1. The van der Waals surface area contributed by atoms with Crippen LogP contribution in [0.25, 0.3) is 0 Å². The molecule has 10 heteroatoms. The first kappa shape index (κ1) is 19.7. The Balaban J connectivity index is 2.37. The minimum Gasteiger partial charge on any atom is -0.455 e. The van der Waals surface area contributed by atoms with E-state index in [9.17, 15) is 28.1 Å². The number of alkyl halides is 3. The van der Waals surface area contributed by atoms with Crippen LogP contribution in [0.4, 0.5) is 13.2 Å². The number of benzene rings is 2. The maximum atomic E-state index is 12.7. The van der Waals surface area contributed by atoms with Gasteiger partial charge < -0.3 is 9.47 Å². The van der Waals surface area contributed by atoms with Crippen LogP contribution < -0.4 is 4.74 Å². The number of hydrogen-bond donors (Lipinski definition) is 0. The van der Waals surface area contributed by atoms with Gasteiger partial charge in [-0.2, -0.15) is 13.2 Å². The van der Waals surface area contributed by atoms with Crippen LogP contribution in [-0.2, 0) is 10.9 Å². The highest BCUT2D eigenvalue weighted by Gasteiger charge is 2.33. The average molecular weight is 390 g/mol. The Bertz CT molecular complexity index is 841. The Morgan fingerprint density at radius 2 is 1.85 bits per heavy atom. The maximum absolute atomic E-state index is 12.7. The summed E-state index contributed by atoms with van der Waals surface area (Å²) in [6.45, 7) is 0. The van der Waals surface area contributed by atoms with Crippen LogP contribution in [0, 0.1) is 10.1 Å². The van der Waals surface area contributed by atoms with Gasteiger partial charge in [0.15, 0.2) is 0 Å². The molecule has 0 aromatic heterocycles. The van der Waals surface area contributed by atoms with E-state index in [1.807, 2.05) is 0 Å². The van der Waals surface area contributed by atoms with Gasteiger partial charge in [0.1, 0.15) is 11.5 Å². The third-order valence-electron chi connectivity index (χ3n) is 3.27. The first-order chi connectivity index (χ1) is 12.1. The zero-order chi connectivity index (χ0) is 19.5. The molecule has 0 bridgehead atoms. The minimum atomic E-state index is -4.58. The number of nitrogens with zero attached hydrogens (tertiary/aromatic N) is 1. The summed E-state index contributed by atoms with van der Waals surface area (Å²) in [6.07, 6.45) is -6.52. The van der Waals surface area contributed by atoms with Crippen molar-refractivity contribution >= 4 is 17.4 Å². The fraction of sp³-hybridized carbons (Fsp3) is 0.188. The molecule has 6 nitrogen and oxygen atoms in total. The molecule has 2 aromatic rings. The molecule has 0 heterocycles. The molecule has 0 fully saturated rings. The Morgan fingerprint density at radius 3 is 2.38 bits per heavy atom. The number of carbonyl (C=O) groups excluding carboxylic acids is 1. The molecule has 2 aromatic carbocycles. The second-order valence-corrected chi connectivity index (χ2v) is 5.39. The van der Waals surface area contributed by atoms with Crippen molar-refractivity contribution in [3.63, 3.8) is 0 Å². The zero-order valence-corrected chi connectivity index (χ0v) is 13.9. The number of rotatable bonds is 6. The van der Waals surface area contributed by atoms with Gasteiger partial charge in [-0.05, 0) is 30.3 Å². The molecule has 2 rings (SSSR count). The fourth-order valence-corrected chi connectivity index (χ4v) is 2.28. The van der Waals surface area contributed by atoms with Gasteiger partial charge in [0.2, 0.25) is 0 Å². The highest BCUT2D eigenvalue weighted by atomic mass is 35.5. The van der Waals surface area contributed by atoms with E-state index in [0.29, 0.717) is 6.07 Å². The smallest absolute Gasteiger partial charge is 0.416 e. The monoisotopic (exact) mass is 389 g/mol. The van der Waals surface area contributed by atoms with Gasteiger partial charge >= 0.3 is 12.4 Å². The molecule has 0 aliphatic rings. The van der Waals surface area contributed by atoms with Gasteiger partial charge in [-0.15, -0.1) is 0 Å². The average Bonchev–Trinajstić information content (AvgIpc) is 2.56. The second-order valence-electron chi connectivity index (χ2n) is 4.98. The summed E-state index contributed by atoms with van der Waals surface area (Å²) in [5, 5.41) is 10.6. The van der Waals surface area contributed by atoms with E-state index in [2.05, 4.69) is 4.74 Å². The van der Waals surface area contributed by atoms with Gasteiger partial charge in [-0.25, -0.2) is 0 Å². The molecule has 0 amide bonds. The topological polar surface area (TPSA) is 78.7 Å². The van der Waals surface area contributed by atoms with E-state index in [1.165, 1.54) is 24.3 Å². The molecule has 0 aliphatic heterocycles. The first-order valence-corrected chi connectivity index (χ1v) is 7.37. The standard InChI is InChI=1S/C16H11ClF3NO5/c1-25-15(21(23)24)14(22)10-4-2-3-5-12(10)26-13-7-6-9(8-11(13)17)16(18,19)20/h2-8,15H,1H3. The van der Waals surface area contributed by atoms with Crippen LogP contribution in [0.1, 0.15) is 15.9 Å². The normalized spacial score (nSPS) is 12.5. The Labute approximate surface area is 150 Å². The molecule has 1 atom stereocenters. The van der Waals surface area contributed by atoms with Crippen LogP contribution >= 0.6 is 11.6 Å². The summed E-state index contributed by atoms with van der Waals surface area (Å²) in [4.78, 5) is 22.2.